The molecule has 0 saturated heterocycles. The Morgan fingerprint density at radius 3 is 2.50 bits per heavy atom. The van der Waals surface area contributed by atoms with Crippen LogP contribution in [0.15, 0.2) is 59.8 Å². The summed E-state index contributed by atoms with van der Waals surface area (Å²) in [5, 5.41) is 4.30. The molecule has 32 heavy (non-hydrogen) atoms. The molecule has 0 amide bonds. The van der Waals surface area contributed by atoms with Gasteiger partial charge >= 0.3 is 6.18 Å². The van der Waals surface area contributed by atoms with Gasteiger partial charge in [0.05, 0.1) is 22.6 Å². The van der Waals surface area contributed by atoms with Crippen LogP contribution in [-0.4, -0.2) is 46.4 Å². The predicted octanol–water partition coefficient (Wildman–Crippen LogP) is 4.38. The number of halogens is 4. The van der Waals surface area contributed by atoms with E-state index in [9.17, 15) is 21.6 Å². The number of benzene rings is 1. The summed E-state index contributed by atoms with van der Waals surface area (Å²) < 4.78 is 67.4. The minimum atomic E-state index is -4.63. The minimum Gasteiger partial charge on any atom is -0.251 e. The molecule has 0 spiro atoms. The molecule has 0 radical (unpaired) electrons. The Kier molecular flexibility index (Phi) is 5.43. The molecule has 4 aromatic rings. The average molecular weight is 482 g/mol. The van der Waals surface area contributed by atoms with Crippen LogP contribution in [0.3, 0.4) is 0 Å². The van der Waals surface area contributed by atoms with E-state index in [0.29, 0.717) is 16.9 Å². The van der Waals surface area contributed by atoms with E-state index >= 15 is 0 Å². The van der Waals surface area contributed by atoms with Gasteiger partial charge in [0.15, 0.2) is 11.3 Å². The van der Waals surface area contributed by atoms with E-state index in [-0.39, 0.29) is 21.2 Å². The zero-order chi connectivity index (χ0) is 23.3. The highest BCUT2D eigenvalue weighted by Gasteiger charge is 2.35. The van der Waals surface area contributed by atoms with Crippen molar-refractivity contribution in [1.82, 2.24) is 23.9 Å². The van der Waals surface area contributed by atoms with Crippen LogP contribution in [0, 0.1) is 0 Å². The van der Waals surface area contributed by atoms with Crippen LogP contribution in [0.4, 0.5) is 13.2 Å². The highest BCUT2D eigenvalue weighted by molar-refractivity contribution is 7.89. The highest BCUT2D eigenvalue weighted by atomic mass is 35.5. The van der Waals surface area contributed by atoms with Crippen LogP contribution < -0.4 is 0 Å². The number of hydrogen-bond donors (Lipinski definition) is 0. The Morgan fingerprint density at radius 2 is 1.81 bits per heavy atom. The topological polar surface area (TPSA) is 80.5 Å². The summed E-state index contributed by atoms with van der Waals surface area (Å²) >= 11 is 6.09. The monoisotopic (exact) mass is 481 g/mol. The Bertz CT molecular complexity index is 1430. The first-order chi connectivity index (χ1) is 15.0. The molecule has 12 heteroatoms. The number of rotatable bonds is 4. The second kappa shape index (κ2) is 7.84. The van der Waals surface area contributed by atoms with Crippen molar-refractivity contribution in [2.75, 3.05) is 14.1 Å². The van der Waals surface area contributed by atoms with Crippen LogP contribution in [0.1, 0.15) is 5.69 Å². The summed E-state index contributed by atoms with van der Waals surface area (Å²) in [6, 6.07) is 10.1. The van der Waals surface area contributed by atoms with Crippen molar-refractivity contribution < 1.29 is 21.6 Å². The van der Waals surface area contributed by atoms with Gasteiger partial charge in [-0.2, -0.15) is 18.3 Å². The summed E-state index contributed by atoms with van der Waals surface area (Å²) in [7, 11) is -1.01. The van der Waals surface area contributed by atoms with Crippen LogP contribution >= 0.6 is 11.6 Å². The zero-order valence-electron chi connectivity index (χ0n) is 16.7. The van der Waals surface area contributed by atoms with Gasteiger partial charge in [0.2, 0.25) is 10.0 Å². The quantitative estimate of drug-likeness (QED) is 0.432. The fourth-order valence-corrected chi connectivity index (χ4v) is 4.45. The van der Waals surface area contributed by atoms with Crippen molar-refractivity contribution >= 4 is 27.3 Å². The normalized spacial score (nSPS) is 12.6. The molecule has 0 aliphatic rings. The molecular formula is C20H15ClF3N5O2S. The molecule has 7 nitrogen and oxygen atoms in total. The molecule has 0 aliphatic heterocycles. The molecule has 3 heterocycles. The predicted molar refractivity (Wildman–Crippen MR) is 113 cm³/mol. The van der Waals surface area contributed by atoms with E-state index in [0.717, 1.165) is 10.5 Å². The Balaban J connectivity index is 1.81. The summed E-state index contributed by atoms with van der Waals surface area (Å²) in [5.74, 6) is 0. The fraction of sp³-hybridized carbons (Fsp3) is 0.150. The van der Waals surface area contributed by atoms with E-state index in [1.54, 1.807) is 6.07 Å². The zero-order valence-corrected chi connectivity index (χ0v) is 18.2. The Labute approximate surface area is 186 Å². The molecule has 0 saturated carbocycles. The van der Waals surface area contributed by atoms with Gasteiger partial charge in [-0.3, -0.25) is 4.98 Å². The molecular weight excluding hydrogens is 467 g/mol. The van der Waals surface area contributed by atoms with E-state index in [4.69, 9.17) is 11.6 Å². The van der Waals surface area contributed by atoms with Gasteiger partial charge in [-0.15, -0.1) is 0 Å². The molecule has 4 rings (SSSR count). The van der Waals surface area contributed by atoms with E-state index < -0.39 is 21.9 Å². The second-order valence-corrected chi connectivity index (χ2v) is 9.50. The van der Waals surface area contributed by atoms with Gasteiger partial charge in [0.1, 0.15) is 4.90 Å². The van der Waals surface area contributed by atoms with E-state index in [2.05, 4.69) is 15.1 Å². The largest absolute Gasteiger partial charge is 0.434 e. The lowest BCUT2D eigenvalue weighted by atomic mass is 10.1. The highest BCUT2D eigenvalue weighted by Crippen LogP contribution is 2.35. The van der Waals surface area contributed by atoms with Crippen LogP contribution in [-0.2, 0) is 16.2 Å². The number of alkyl halides is 3. The first-order valence-corrected chi connectivity index (χ1v) is 10.9. The molecule has 0 N–H and O–H groups in total. The lowest BCUT2D eigenvalue weighted by molar-refractivity contribution is -0.140. The van der Waals surface area contributed by atoms with Crippen molar-refractivity contribution in [3.8, 4) is 22.5 Å². The number of pyridine rings is 1. The second-order valence-electron chi connectivity index (χ2n) is 6.98. The van der Waals surface area contributed by atoms with Crippen molar-refractivity contribution in [1.29, 1.82) is 0 Å². The summed E-state index contributed by atoms with van der Waals surface area (Å²) in [6.07, 6.45) is -2.07. The summed E-state index contributed by atoms with van der Waals surface area (Å²) in [4.78, 5) is 7.76. The third kappa shape index (κ3) is 3.94. The Morgan fingerprint density at radius 1 is 1.06 bits per heavy atom. The summed E-state index contributed by atoms with van der Waals surface area (Å²) in [5.41, 5.74) is 0.0661. The van der Waals surface area contributed by atoms with Gasteiger partial charge in [0.25, 0.3) is 0 Å². The molecule has 0 fully saturated rings. The molecule has 1 aromatic carbocycles. The van der Waals surface area contributed by atoms with Crippen molar-refractivity contribution in [3.63, 3.8) is 0 Å². The lowest BCUT2D eigenvalue weighted by Gasteiger charge is -2.13. The maximum absolute atomic E-state index is 13.3. The SMILES string of the molecule is CN(C)S(=O)(=O)c1cc(-c2cn3nc(-c4cccnc4C(F)(F)F)ccc3n2)ccc1Cl. The number of nitrogens with zero attached hydrogens (tertiary/aromatic N) is 5. The molecule has 3 aromatic heterocycles. The maximum Gasteiger partial charge on any atom is 0.434 e. The minimum absolute atomic E-state index is 0.0582. The average Bonchev–Trinajstić information content (AvgIpc) is 3.16. The van der Waals surface area contributed by atoms with Gasteiger partial charge in [-0.05, 0) is 36.4 Å². The third-order valence-corrected chi connectivity index (χ3v) is 6.95. The van der Waals surface area contributed by atoms with Gasteiger partial charge in [0, 0.05) is 31.4 Å². The van der Waals surface area contributed by atoms with Crippen LogP contribution in [0.2, 0.25) is 5.02 Å². The first-order valence-electron chi connectivity index (χ1n) is 9.10. The number of aromatic nitrogens is 4. The number of sulfonamides is 1. The van der Waals surface area contributed by atoms with E-state index in [1.165, 1.54) is 61.2 Å². The van der Waals surface area contributed by atoms with Gasteiger partial charge in [-0.1, -0.05) is 17.7 Å². The maximum atomic E-state index is 13.3. The van der Waals surface area contributed by atoms with Gasteiger partial charge in [-0.25, -0.2) is 22.2 Å². The molecule has 166 valence electrons. The smallest absolute Gasteiger partial charge is 0.251 e. The number of imidazole rings is 1. The van der Waals surface area contributed by atoms with Crippen LogP contribution in [0.5, 0.6) is 0 Å². The standard InChI is InChI=1S/C20H15ClF3N5O2S/c1-28(2)32(30,31)17-10-12(5-6-14(17)21)16-11-29-18(26-16)8-7-15(27-29)13-4-3-9-25-19(13)20(22,23)24/h3-11H,1-2H3. The lowest BCUT2D eigenvalue weighted by Crippen LogP contribution is -2.22. The van der Waals surface area contributed by atoms with Crippen molar-refractivity contribution in [3.05, 3.63) is 65.6 Å². The molecule has 0 bridgehead atoms. The Hall–Kier alpha value is -3.02. The van der Waals surface area contributed by atoms with Crippen LogP contribution in [0.25, 0.3) is 28.2 Å². The first kappa shape index (κ1) is 22.2. The van der Waals surface area contributed by atoms with Gasteiger partial charge < -0.3 is 0 Å². The fourth-order valence-electron chi connectivity index (χ4n) is 3.06. The molecule has 0 aliphatic carbocycles. The molecule has 0 atom stereocenters. The number of hydrogen-bond acceptors (Lipinski definition) is 5. The third-order valence-electron chi connectivity index (χ3n) is 4.66. The van der Waals surface area contributed by atoms with Crippen molar-refractivity contribution in [2.24, 2.45) is 0 Å². The number of fused-ring (bicyclic) bond motifs is 1. The van der Waals surface area contributed by atoms with E-state index in [1.807, 2.05) is 0 Å². The van der Waals surface area contributed by atoms with Crippen molar-refractivity contribution in [2.45, 2.75) is 11.1 Å². The molecule has 0 unspecified atom stereocenters. The summed E-state index contributed by atoms with van der Waals surface area (Å²) in [6.45, 7) is 0.